The molecule has 0 heterocycles. The van der Waals surface area contributed by atoms with Gasteiger partial charge in [-0.2, -0.15) is 0 Å². The standard InChI is InChI=1S/C6H11OS/c1-3-5-6(4-2)8-7/h2-5H2,1H3/q+1. The van der Waals surface area contributed by atoms with E-state index in [-0.39, 0.29) is 0 Å². The third-order valence-corrected chi connectivity index (χ3v) is 1.57. The molecule has 0 bridgehead atoms. The highest BCUT2D eigenvalue weighted by molar-refractivity contribution is 7.66. The van der Waals surface area contributed by atoms with Crippen molar-refractivity contribution in [1.29, 1.82) is 0 Å². The molecule has 0 aliphatic carbocycles. The van der Waals surface area contributed by atoms with Crippen LogP contribution in [0.25, 0.3) is 0 Å². The highest BCUT2D eigenvalue weighted by atomic mass is 32.1. The first-order valence-corrected chi connectivity index (χ1v) is 3.53. The van der Waals surface area contributed by atoms with E-state index in [1.165, 1.54) is 0 Å². The molecule has 0 spiro atoms. The van der Waals surface area contributed by atoms with E-state index in [2.05, 4.69) is 13.8 Å². The first-order valence-electron chi connectivity index (χ1n) is 2.79. The van der Waals surface area contributed by atoms with Crippen LogP contribution < -0.4 is 0 Å². The highest BCUT2D eigenvalue weighted by Crippen LogP contribution is 1.91. The molecule has 2 heteroatoms. The summed E-state index contributed by atoms with van der Waals surface area (Å²) in [5, 5.41) is 0. The van der Waals surface area contributed by atoms with Gasteiger partial charge in [0.05, 0.1) is 23.0 Å². The fourth-order valence-electron chi connectivity index (χ4n) is 0.487. The summed E-state index contributed by atoms with van der Waals surface area (Å²) < 4.78 is 10.1. The summed E-state index contributed by atoms with van der Waals surface area (Å²) in [6.07, 6.45) is 2.67. The SMILES string of the molecule is [CH2+]CC(CCC)=S=O. The first kappa shape index (κ1) is 7.76. The van der Waals surface area contributed by atoms with Gasteiger partial charge in [0.25, 0.3) is 0 Å². The molecule has 1 nitrogen and oxygen atoms in total. The van der Waals surface area contributed by atoms with Crippen LogP contribution in [0.3, 0.4) is 0 Å². The molecule has 0 aliphatic rings. The Labute approximate surface area is 54.2 Å². The molecule has 0 atom stereocenters. The molecule has 0 amide bonds. The van der Waals surface area contributed by atoms with Crippen LogP contribution in [0.5, 0.6) is 0 Å². The molecular weight excluding hydrogens is 120 g/mol. The summed E-state index contributed by atoms with van der Waals surface area (Å²) in [5.74, 6) is 0. The lowest BCUT2D eigenvalue weighted by molar-refractivity contribution is 0.700. The van der Waals surface area contributed by atoms with Gasteiger partial charge in [-0.1, -0.05) is 13.3 Å². The Hall–Kier alpha value is -0.240. The number of hydrogen-bond donors (Lipinski definition) is 0. The average Bonchev–Trinajstić information content (AvgIpc) is 1.83. The maximum absolute atomic E-state index is 10.1. The summed E-state index contributed by atoms with van der Waals surface area (Å²) in [4.78, 5) is 0.965. The van der Waals surface area contributed by atoms with Crippen molar-refractivity contribution < 1.29 is 4.21 Å². The lowest BCUT2D eigenvalue weighted by Crippen LogP contribution is -1.92. The van der Waals surface area contributed by atoms with Gasteiger partial charge in [0, 0.05) is 0 Å². The Kier molecular flexibility index (Phi) is 4.76. The Bertz CT molecular complexity index is 103. The topological polar surface area (TPSA) is 17.1 Å². The van der Waals surface area contributed by atoms with Gasteiger partial charge in [-0.25, -0.2) is 4.21 Å². The molecular formula is C6H11OS+. The van der Waals surface area contributed by atoms with Crippen LogP contribution in [0.4, 0.5) is 0 Å². The molecule has 0 N–H and O–H groups in total. The van der Waals surface area contributed by atoms with E-state index < -0.39 is 0 Å². The predicted molar refractivity (Wildman–Crippen MR) is 38.0 cm³/mol. The van der Waals surface area contributed by atoms with E-state index in [1.807, 2.05) is 0 Å². The minimum Gasteiger partial charge on any atom is -0.212 e. The van der Waals surface area contributed by atoms with E-state index in [4.69, 9.17) is 0 Å². The summed E-state index contributed by atoms with van der Waals surface area (Å²) in [6.45, 7) is 5.68. The fraction of sp³-hybridized carbons (Fsp3) is 0.667. The molecule has 0 aromatic heterocycles. The van der Waals surface area contributed by atoms with Crippen LogP contribution >= 0.6 is 0 Å². The molecule has 0 aliphatic heterocycles. The second kappa shape index (κ2) is 4.91. The molecule has 46 valence electrons. The zero-order chi connectivity index (χ0) is 6.41. The molecule has 0 fully saturated rings. The van der Waals surface area contributed by atoms with E-state index in [9.17, 15) is 4.21 Å². The molecule has 0 aromatic carbocycles. The predicted octanol–water partition coefficient (Wildman–Crippen LogP) is 1.40. The summed E-state index contributed by atoms with van der Waals surface area (Å²) in [7, 11) is 0. The maximum atomic E-state index is 10.1. The van der Waals surface area contributed by atoms with Gasteiger partial charge in [-0.15, -0.1) is 0 Å². The van der Waals surface area contributed by atoms with Crippen molar-refractivity contribution in [2.24, 2.45) is 0 Å². The Balaban J connectivity index is 3.55. The summed E-state index contributed by atoms with van der Waals surface area (Å²) >= 11 is 0.599. The Morgan fingerprint density at radius 3 is 2.50 bits per heavy atom. The largest absolute Gasteiger partial charge is 0.212 e. The van der Waals surface area contributed by atoms with E-state index in [1.54, 1.807) is 0 Å². The van der Waals surface area contributed by atoms with Crippen molar-refractivity contribution in [3.8, 4) is 0 Å². The number of hydrogen-bond acceptors (Lipinski definition) is 1. The minimum absolute atomic E-state index is 0.599. The van der Waals surface area contributed by atoms with E-state index >= 15 is 0 Å². The summed E-state index contributed by atoms with van der Waals surface area (Å²) in [5.41, 5.74) is 0. The zero-order valence-electron chi connectivity index (χ0n) is 5.14. The van der Waals surface area contributed by atoms with Crippen molar-refractivity contribution in [3.05, 3.63) is 6.92 Å². The second-order valence-electron chi connectivity index (χ2n) is 1.62. The zero-order valence-corrected chi connectivity index (χ0v) is 5.96. The van der Waals surface area contributed by atoms with Crippen LogP contribution in [-0.4, -0.2) is 9.07 Å². The first-order chi connectivity index (χ1) is 3.85. The van der Waals surface area contributed by atoms with Crippen LogP contribution in [0.2, 0.25) is 0 Å². The lowest BCUT2D eigenvalue weighted by atomic mass is 10.2. The van der Waals surface area contributed by atoms with Gasteiger partial charge in [-0.3, -0.25) is 0 Å². The third-order valence-electron chi connectivity index (χ3n) is 0.926. The smallest absolute Gasteiger partial charge is 0.119 e. The normalized spacial score (nSPS) is 8.62. The highest BCUT2D eigenvalue weighted by Gasteiger charge is 1.94. The van der Waals surface area contributed by atoms with Gasteiger partial charge in [0.2, 0.25) is 0 Å². The quantitative estimate of drug-likeness (QED) is 0.418. The van der Waals surface area contributed by atoms with Crippen LogP contribution in [0, 0.1) is 6.92 Å². The van der Waals surface area contributed by atoms with Crippen molar-refractivity contribution in [2.75, 3.05) is 0 Å². The molecule has 0 saturated carbocycles. The number of rotatable bonds is 3. The van der Waals surface area contributed by atoms with Gasteiger partial charge < -0.3 is 0 Å². The monoisotopic (exact) mass is 131 g/mol. The van der Waals surface area contributed by atoms with Crippen LogP contribution in [0.15, 0.2) is 0 Å². The van der Waals surface area contributed by atoms with Gasteiger partial charge in [-0.05, 0) is 6.42 Å². The lowest BCUT2D eigenvalue weighted by Gasteiger charge is -1.86. The van der Waals surface area contributed by atoms with Gasteiger partial charge >= 0.3 is 0 Å². The van der Waals surface area contributed by atoms with Crippen LogP contribution in [0.1, 0.15) is 26.2 Å². The van der Waals surface area contributed by atoms with E-state index in [0.717, 1.165) is 17.7 Å². The van der Waals surface area contributed by atoms with Gasteiger partial charge in [0.1, 0.15) is 6.42 Å². The molecule has 0 aromatic rings. The van der Waals surface area contributed by atoms with Crippen molar-refractivity contribution in [3.63, 3.8) is 0 Å². The molecule has 0 saturated heterocycles. The fourth-order valence-corrected chi connectivity index (χ4v) is 0.858. The third kappa shape index (κ3) is 2.86. The van der Waals surface area contributed by atoms with Crippen molar-refractivity contribution in [1.82, 2.24) is 0 Å². The van der Waals surface area contributed by atoms with Crippen molar-refractivity contribution in [2.45, 2.75) is 26.2 Å². The van der Waals surface area contributed by atoms with Crippen LogP contribution in [-0.2, 0) is 11.3 Å². The maximum Gasteiger partial charge on any atom is 0.119 e. The minimum atomic E-state index is 0.599. The van der Waals surface area contributed by atoms with E-state index in [0.29, 0.717) is 17.7 Å². The molecule has 0 rings (SSSR count). The Morgan fingerprint density at radius 2 is 2.38 bits per heavy atom. The van der Waals surface area contributed by atoms with Crippen molar-refractivity contribution >= 4 is 16.1 Å². The molecule has 8 heavy (non-hydrogen) atoms. The Morgan fingerprint density at radius 1 is 1.75 bits per heavy atom. The second-order valence-corrected chi connectivity index (χ2v) is 2.37. The average molecular weight is 131 g/mol. The molecule has 0 unspecified atom stereocenters. The van der Waals surface area contributed by atoms with Gasteiger partial charge in [0.15, 0.2) is 0 Å². The summed E-state index contributed by atoms with van der Waals surface area (Å²) in [6, 6.07) is 0. The molecule has 0 radical (unpaired) electrons.